The van der Waals surface area contributed by atoms with E-state index in [1.165, 1.54) is 51.4 Å². The number of hydrogen-bond donors (Lipinski definition) is 1. The molecule has 120 valence electrons. The van der Waals surface area contributed by atoms with Crippen LogP contribution < -0.4 is 5.73 Å². The molecule has 3 atom stereocenters. The number of carbonyl (C=O) groups is 1. The minimum absolute atomic E-state index is 0.113. The standard InChI is InChI=1S/C18H32N2O/c1-14-11-15-7-3-4-8-16(15)20(14)17(21)12-18(13-19)9-5-2-6-10-18/h14-16H,2-13,19H2,1H3. The Labute approximate surface area is 129 Å². The van der Waals surface area contributed by atoms with Gasteiger partial charge in [-0.2, -0.15) is 0 Å². The molecule has 0 radical (unpaired) electrons. The molecule has 3 nitrogen and oxygen atoms in total. The summed E-state index contributed by atoms with van der Waals surface area (Å²) in [6.45, 7) is 2.95. The van der Waals surface area contributed by atoms with E-state index in [2.05, 4.69) is 11.8 Å². The summed E-state index contributed by atoms with van der Waals surface area (Å²) < 4.78 is 0. The normalized spacial score (nSPS) is 35.5. The van der Waals surface area contributed by atoms with Gasteiger partial charge in [0.05, 0.1) is 0 Å². The third kappa shape index (κ3) is 2.99. The van der Waals surface area contributed by atoms with Crippen molar-refractivity contribution in [3.63, 3.8) is 0 Å². The quantitative estimate of drug-likeness (QED) is 0.866. The molecule has 3 rings (SSSR count). The smallest absolute Gasteiger partial charge is 0.223 e. The van der Waals surface area contributed by atoms with Crippen LogP contribution in [0.25, 0.3) is 0 Å². The predicted molar refractivity (Wildman–Crippen MR) is 85.9 cm³/mol. The highest BCUT2D eigenvalue weighted by atomic mass is 16.2. The molecule has 2 aliphatic carbocycles. The predicted octanol–water partition coefficient (Wildman–Crippen LogP) is 3.47. The molecule has 21 heavy (non-hydrogen) atoms. The molecule has 3 heteroatoms. The Bertz CT molecular complexity index is 375. The van der Waals surface area contributed by atoms with E-state index in [-0.39, 0.29) is 5.41 Å². The molecule has 0 aromatic carbocycles. The van der Waals surface area contributed by atoms with Crippen molar-refractivity contribution < 1.29 is 4.79 Å². The molecule has 0 aromatic rings. The highest BCUT2D eigenvalue weighted by Crippen LogP contribution is 2.43. The van der Waals surface area contributed by atoms with Crippen LogP contribution in [0.5, 0.6) is 0 Å². The monoisotopic (exact) mass is 292 g/mol. The molecule has 3 aliphatic rings. The molecular weight excluding hydrogens is 260 g/mol. The summed E-state index contributed by atoms with van der Waals surface area (Å²) in [5.74, 6) is 1.18. The van der Waals surface area contributed by atoms with Crippen LogP contribution >= 0.6 is 0 Å². The van der Waals surface area contributed by atoms with Crippen LogP contribution in [-0.2, 0) is 4.79 Å². The summed E-state index contributed by atoms with van der Waals surface area (Å²) in [6, 6.07) is 0.990. The van der Waals surface area contributed by atoms with E-state index in [0.29, 0.717) is 31.0 Å². The molecule has 1 heterocycles. The highest BCUT2D eigenvalue weighted by molar-refractivity contribution is 5.78. The van der Waals surface area contributed by atoms with Crippen LogP contribution in [0.1, 0.15) is 77.6 Å². The summed E-state index contributed by atoms with van der Waals surface area (Å²) in [6.07, 6.45) is 13.3. The molecule has 0 aromatic heterocycles. The van der Waals surface area contributed by atoms with E-state index >= 15 is 0 Å². The molecule has 3 unspecified atom stereocenters. The average Bonchev–Trinajstić information content (AvgIpc) is 2.84. The molecule has 1 aliphatic heterocycles. The second kappa shape index (κ2) is 6.28. The second-order valence-corrected chi connectivity index (χ2v) is 7.94. The van der Waals surface area contributed by atoms with E-state index in [0.717, 1.165) is 18.8 Å². The largest absolute Gasteiger partial charge is 0.337 e. The van der Waals surface area contributed by atoms with Gasteiger partial charge in [-0.05, 0) is 56.9 Å². The Morgan fingerprint density at radius 1 is 1.14 bits per heavy atom. The maximum Gasteiger partial charge on any atom is 0.223 e. The van der Waals surface area contributed by atoms with Crippen LogP contribution in [0, 0.1) is 11.3 Å². The lowest BCUT2D eigenvalue weighted by atomic mass is 9.71. The zero-order valence-electron chi connectivity index (χ0n) is 13.7. The van der Waals surface area contributed by atoms with Gasteiger partial charge in [0, 0.05) is 18.5 Å². The van der Waals surface area contributed by atoms with Crippen LogP contribution in [0.3, 0.4) is 0 Å². The maximum atomic E-state index is 13.0. The average molecular weight is 292 g/mol. The first-order valence-electron chi connectivity index (χ1n) is 9.16. The van der Waals surface area contributed by atoms with Gasteiger partial charge in [0.2, 0.25) is 5.91 Å². The van der Waals surface area contributed by atoms with Gasteiger partial charge in [-0.15, -0.1) is 0 Å². The highest BCUT2D eigenvalue weighted by Gasteiger charge is 2.44. The van der Waals surface area contributed by atoms with Gasteiger partial charge in [0.1, 0.15) is 0 Å². The molecule has 1 saturated heterocycles. The van der Waals surface area contributed by atoms with Gasteiger partial charge in [-0.1, -0.05) is 32.1 Å². The van der Waals surface area contributed by atoms with E-state index in [1.807, 2.05) is 0 Å². The number of nitrogens with zero attached hydrogens (tertiary/aromatic N) is 1. The molecule has 0 spiro atoms. The Balaban J connectivity index is 1.69. The summed E-state index contributed by atoms with van der Waals surface area (Å²) in [5.41, 5.74) is 6.19. The van der Waals surface area contributed by atoms with Crippen molar-refractivity contribution in [2.24, 2.45) is 17.1 Å². The first-order valence-corrected chi connectivity index (χ1v) is 9.16. The molecule has 3 fully saturated rings. The summed E-state index contributed by atoms with van der Waals surface area (Å²) in [7, 11) is 0. The third-order valence-corrected chi connectivity index (χ3v) is 6.51. The Morgan fingerprint density at radius 2 is 1.86 bits per heavy atom. The number of likely N-dealkylation sites (tertiary alicyclic amines) is 1. The van der Waals surface area contributed by atoms with E-state index in [9.17, 15) is 4.79 Å². The summed E-state index contributed by atoms with van der Waals surface area (Å²) in [4.78, 5) is 15.3. The van der Waals surface area contributed by atoms with Crippen molar-refractivity contribution in [3.8, 4) is 0 Å². The fourth-order valence-electron chi connectivity index (χ4n) is 5.31. The van der Waals surface area contributed by atoms with Crippen LogP contribution in [0.2, 0.25) is 0 Å². The maximum absolute atomic E-state index is 13.0. The zero-order valence-corrected chi connectivity index (χ0v) is 13.7. The summed E-state index contributed by atoms with van der Waals surface area (Å²) >= 11 is 0. The van der Waals surface area contributed by atoms with Crippen LogP contribution in [0.4, 0.5) is 0 Å². The Hall–Kier alpha value is -0.570. The van der Waals surface area contributed by atoms with Crippen molar-refractivity contribution >= 4 is 5.91 Å². The van der Waals surface area contributed by atoms with Gasteiger partial charge >= 0.3 is 0 Å². The number of fused-ring (bicyclic) bond motifs is 1. The van der Waals surface area contributed by atoms with Gasteiger partial charge in [0.25, 0.3) is 0 Å². The molecule has 2 saturated carbocycles. The Kier molecular flexibility index (Phi) is 4.58. The number of rotatable bonds is 3. The first kappa shape index (κ1) is 15.3. The number of hydrogen-bond acceptors (Lipinski definition) is 2. The van der Waals surface area contributed by atoms with Gasteiger partial charge < -0.3 is 10.6 Å². The van der Waals surface area contributed by atoms with Crippen molar-refractivity contribution in [2.75, 3.05) is 6.54 Å². The summed E-state index contributed by atoms with van der Waals surface area (Å²) in [5, 5.41) is 0. The fraction of sp³-hybridized carbons (Fsp3) is 0.944. The van der Waals surface area contributed by atoms with Gasteiger partial charge in [0.15, 0.2) is 0 Å². The van der Waals surface area contributed by atoms with E-state index in [4.69, 9.17) is 5.73 Å². The van der Waals surface area contributed by atoms with Crippen LogP contribution in [0.15, 0.2) is 0 Å². The van der Waals surface area contributed by atoms with Gasteiger partial charge in [-0.25, -0.2) is 0 Å². The number of nitrogens with two attached hydrogens (primary N) is 1. The molecular formula is C18H32N2O. The van der Waals surface area contributed by atoms with Crippen molar-refractivity contribution in [1.82, 2.24) is 4.90 Å². The van der Waals surface area contributed by atoms with Crippen molar-refractivity contribution in [1.29, 1.82) is 0 Å². The zero-order chi connectivity index (χ0) is 14.9. The lowest BCUT2D eigenvalue weighted by Crippen LogP contribution is -2.46. The molecule has 0 bridgehead atoms. The SMILES string of the molecule is CC1CC2CCCCC2N1C(=O)CC1(CN)CCCCC1. The minimum Gasteiger partial charge on any atom is -0.337 e. The number of carbonyl (C=O) groups excluding carboxylic acids is 1. The number of amides is 1. The first-order chi connectivity index (χ1) is 10.2. The van der Waals surface area contributed by atoms with Gasteiger partial charge in [-0.3, -0.25) is 4.79 Å². The van der Waals surface area contributed by atoms with Crippen LogP contribution in [-0.4, -0.2) is 29.4 Å². The third-order valence-electron chi connectivity index (χ3n) is 6.51. The van der Waals surface area contributed by atoms with Crippen molar-refractivity contribution in [2.45, 2.75) is 89.6 Å². The molecule has 2 N–H and O–H groups in total. The second-order valence-electron chi connectivity index (χ2n) is 7.94. The topological polar surface area (TPSA) is 46.3 Å². The lowest BCUT2D eigenvalue weighted by molar-refractivity contribution is -0.137. The van der Waals surface area contributed by atoms with E-state index < -0.39 is 0 Å². The lowest BCUT2D eigenvalue weighted by Gasteiger charge is -2.39. The fourth-order valence-corrected chi connectivity index (χ4v) is 5.31. The minimum atomic E-state index is 0.113. The molecule has 1 amide bonds. The Morgan fingerprint density at radius 3 is 2.57 bits per heavy atom. The van der Waals surface area contributed by atoms with Crippen molar-refractivity contribution in [3.05, 3.63) is 0 Å². The van der Waals surface area contributed by atoms with E-state index in [1.54, 1.807) is 0 Å².